The van der Waals surface area contributed by atoms with Crippen molar-refractivity contribution in [2.75, 3.05) is 0 Å². The van der Waals surface area contributed by atoms with Crippen LogP contribution in [0.2, 0.25) is 0 Å². The number of nitrogens with one attached hydrogen (secondary N) is 1. The SMILES string of the molecule is O=C(O)CCCCc1nc2cc(C(=O)N[C@@H]3CCCc4cc(F)ccc43)ccc2nc1-c1ccc(F)cc1. The first-order chi connectivity index (χ1) is 18.4. The highest BCUT2D eigenvalue weighted by atomic mass is 19.1. The van der Waals surface area contributed by atoms with Gasteiger partial charge in [0.2, 0.25) is 0 Å². The van der Waals surface area contributed by atoms with E-state index in [9.17, 15) is 18.4 Å². The fourth-order valence-electron chi connectivity index (χ4n) is 4.99. The number of rotatable bonds is 8. The Balaban J connectivity index is 1.43. The number of nitrogens with zero attached hydrogens (tertiary/aromatic N) is 2. The average Bonchev–Trinajstić information content (AvgIpc) is 2.90. The van der Waals surface area contributed by atoms with Crippen LogP contribution < -0.4 is 5.32 Å². The van der Waals surface area contributed by atoms with Gasteiger partial charge < -0.3 is 10.4 Å². The maximum absolute atomic E-state index is 13.7. The van der Waals surface area contributed by atoms with Gasteiger partial charge in [0.1, 0.15) is 11.6 Å². The largest absolute Gasteiger partial charge is 0.481 e. The normalized spacial score (nSPS) is 14.7. The number of benzene rings is 3. The first-order valence-electron chi connectivity index (χ1n) is 12.7. The van der Waals surface area contributed by atoms with Crippen molar-refractivity contribution < 1.29 is 23.5 Å². The van der Waals surface area contributed by atoms with Crippen molar-refractivity contribution in [3.8, 4) is 11.3 Å². The number of hydrogen-bond acceptors (Lipinski definition) is 4. The lowest BCUT2D eigenvalue weighted by atomic mass is 9.87. The smallest absolute Gasteiger partial charge is 0.303 e. The Morgan fingerprint density at radius 2 is 1.71 bits per heavy atom. The van der Waals surface area contributed by atoms with Crippen LogP contribution in [0, 0.1) is 11.6 Å². The van der Waals surface area contributed by atoms with Gasteiger partial charge in [-0.05, 0) is 104 Å². The molecule has 0 spiro atoms. The second-order valence-electron chi connectivity index (χ2n) is 9.59. The molecule has 38 heavy (non-hydrogen) atoms. The van der Waals surface area contributed by atoms with E-state index < -0.39 is 5.97 Å². The Labute approximate surface area is 218 Å². The minimum absolute atomic E-state index is 0.0636. The third-order valence-corrected chi connectivity index (χ3v) is 6.90. The first-order valence-corrected chi connectivity index (χ1v) is 12.7. The Morgan fingerprint density at radius 1 is 0.921 bits per heavy atom. The molecule has 2 N–H and O–H groups in total. The van der Waals surface area contributed by atoms with E-state index in [0.29, 0.717) is 52.8 Å². The molecule has 0 aliphatic heterocycles. The Bertz CT molecular complexity index is 1510. The van der Waals surface area contributed by atoms with Crippen molar-refractivity contribution in [3.05, 3.63) is 94.7 Å². The molecule has 0 bridgehead atoms. The lowest BCUT2D eigenvalue weighted by Crippen LogP contribution is -2.31. The molecule has 1 amide bonds. The van der Waals surface area contributed by atoms with Crippen LogP contribution in [0.25, 0.3) is 22.3 Å². The summed E-state index contributed by atoms with van der Waals surface area (Å²) in [5, 5.41) is 12.0. The number of carboxylic acid groups (broad SMARTS) is 1. The van der Waals surface area contributed by atoms with E-state index in [4.69, 9.17) is 15.1 Å². The standard InChI is InChI=1S/C30H27F2N3O3/c31-21-11-8-18(9-12-21)29-26(5-1-2-7-28(36)37)33-27-17-20(10-15-25(27)34-29)30(38)35-24-6-3-4-19-16-22(32)13-14-23(19)24/h8-17,24H,1-7H2,(H,35,38)(H,36,37)/t24-/m1/s1. The molecule has 5 rings (SSSR count). The minimum atomic E-state index is -0.852. The summed E-state index contributed by atoms with van der Waals surface area (Å²) in [7, 11) is 0. The molecule has 0 radical (unpaired) electrons. The Morgan fingerprint density at radius 3 is 2.50 bits per heavy atom. The van der Waals surface area contributed by atoms with Crippen molar-refractivity contribution in [1.82, 2.24) is 15.3 Å². The molecule has 1 heterocycles. The summed E-state index contributed by atoms with van der Waals surface area (Å²) in [6.45, 7) is 0. The zero-order valence-electron chi connectivity index (χ0n) is 20.7. The summed E-state index contributed by atoms with van der Waals surface area (Å²) in [5.41, 5.74) is 5.42. The number of aryl methyl sites for hydroxylation is 2. The average molecular weight is 516 g/mol. The van der Waals surface area contributed by atoms with Crippen molar-refractivity contribution in [3.63, 3.8) is 0 Å². The Kier molecular flexibility index (Phi) is 7.40. The van der Waals surface area contributed by atoms with Crippen molar-refractivity contribution in [2.45, 2.75) is 51.0 Å². The molecule has 1 aliphatic rings. The van der Waals surface area contributed by atoms with Gasteiger partial charge in [0, 0.05) is 17.5 Å². The highest BCUT2D eigenvalue weighted by molar-refractivity contribution is 5.97. The van der Waals surface area contributed by atoms with Crippen LogP contribution in [-0.2, 0) is 17.6 Å². The predicted molar refractivity (Wildman–Crippen MR) is 140 cm³/mol. The van der Waals surface area contributed by atoms with Gasteiger partial charge in [-0.2, -0.15) is 0 Å². The molecule has 6 nitrogen and oxygen atoms in total. The molecular formula is C30H27F2N3O3. The fourth-order valence-corrected chi connectivity index (χ4v) is 4.99. The minimum Gasteiger partial charge on any atom is -0.481 e. The van der Waals surface area contributed by atoms with Gasteiger partial charge in [0.25, 0.3) is 5.91 Å². The highest BCUT2D eigenvalue weighted by Gasteiger charge is 2.23. The summed E-state index contributed by atoms with van der Waals surface area (Å²) in [6, 6.07) is 15.6. The molecule has 0 saturated heterocycles. The van der Waals surface area contributed by atoms with Gasteiger partial charge in [-0.15, -0.1) is 0 Å². The van der Waals surface area contributed by atoms with Gasteiger partial charge in [-0.25, -0.2) is 18.7 Å². The first kappa shape index (κ1) is 25.4. The molecule has 8 heteroatoms. The highest BCUT2D eigenvalue weighted by Crippen LogP contribution is 2.31. The third-order valence-electron chi connectivity index (χ3n) is 6.90. The van der Waals surface area contributed by atoms with Crippen LogP contribution in [0.1, 0.15) is 65.3 Å². The summed E-state index contributed by atoms with van der Waals surface area (Å²) in [5.74, 6) is -1.73. The molecule has 0 saturated carbocycles. The van der Waals surface area contributed by atoms with Crippen LogP contribution in [-0.4, -0.2) is 27.0 Å². The number of unbranched alkanes of at least 4 members (excludes halogenated alkanes) is 1. The number of amides is 1. The third kappa shape index (κ3) is 5.69. The summed E-state index contributed by atoms with van der Waals surface area (Å²) in [6.07, 6.45) is 4.08. The number of carbonyl (C=O) groups excluding carboxylic acids is 1. The fraction of sp³-hybridized carbons (Fsp3) is 0.267. The molecule has 1 aliphatic carbocycles. The second kappa shape index (κ2) is 11.0. The van der Waals surface area contributed by atoms with E-state index in [2.05, 4.69) is 5.32 Å². The number of aromatic nitrogens is 2. The van der Waals surface area contributed by atoms with Gasteiger partial charge in [-0.3, -0.25) is 9.59 Å². The molecule has 3 aromatic carbocycles. The van der Waals surface area contributed by atoms with Crippen molar-refractivity contribution in [1.29, 1.82) is 0 Å². The van der Waals surface area contributed by atoms with E-state index in [-0.39, 0.29) is 30.0 Å². The number of halogens is 2. The molecule has 1 atom stereocenters. The zero-order chi connectivity index (χ0) is 26.6. The van der Waals surface area contributed by atoms with E-state index in [1.165, 1.54) is 24.3 Å². The molecule has 194 valence electrons. The lowest BCUT2D eigenvalue weighted by molar-refractivity contribution is -0.137. The van der Waals surface area contributed by atoms with Crippen LogP contribution in [0.15, 0.2) is 60.7 Å². The molecule has 0 unspecified atom stereocenters. The summed E-state index contributed by atoms with van der Waals surface area (Å²) in [4.78, 5) is 33.7. The maximum Gasteiger partial charge on any atom is 0.303 e. The van der Waals surface area contributed by atoms with E-state index in [1.807, 2.05) is 0 Å². The van der Waals surface area contributed by atoms with Crippen molar-refractivity contribution in [2.24, 2.45) is 0 Å². The van der Waals surface area contributed by atoms with Crippen LogP contribution in [0.5, 0.6) is 0 Å². The van der Waals surface area contributed by atoms with Crippen molar-refractivity contribution >= 4 is 22.9 Å². The number of fused-ring (bicyclic) bond motifs is 2. The number of carboxylic acids is 1. The van der Waals surface area contributed by atoms with Gasteiger partial charge in [0.15, 0.2) is 0 Å². The zero-order valence-corrected chi connectivity index (χ0v) is 20.7. The lowest BCUT2D eigenvalue weighted by Gasteiger charge is -2.26. The van der Waals surface area contributed by atoms with Gasteiger partial charge >= 0.3 is 5.97 Å². The van der Waals surface area contributed by atoms with E-state index in [1.54, 1.807) is 36.4 Å². The monoisotopic (exact) mass is 515 g/mol. The second-order valence-corrected chi connectivity index (χ2v) is 9.59. The van der Waals surface area contributed by atoms with Crippen LogP contribution in [0.4, 0.5) is 8.78 Å². The summed E-state index contributed by atoms with van der Waals surface area (Å²) < 4.78 is 27.2. The predicted octanol–water partition coefficient (Wildman–Crippen LogP) is 6.18. The van der Waals surface area contributed by atoms with Gasteiger partial charge in [-0.1, -0.05) is 6.07 Å². The Hall–Kier alpha value is -4.20. The number of hydrogen-bond donors (Lipinski definition) is 2. The summed E-state index contributed by atoms with van der Waals surface area (Å²) >= 11 is 0. The van der Waals surface area contributed by atoms with E-state index in [0.717, 1.165) is 30.4 Å². The number of aliphatic carboxylic acids is 1. The molecular weight excluding hydrogens is 488 g/mol. The molecule has 4 aromatic rings. The van der Waals surface area contributed by atoms with E-state index >= 15 is 0 Å². The number of carbonyl (C=O) groups is 2. The quantitative estimate of drug-likeness (QED) is 0.274. The van der Waals surface area contributed by atoms with Crippen LogP contribution in [0.3, 0.4) is 0 Å². The topological polar surface area (TPSA) is 92.2 Å². The molecule has 1 aromatic heterocycles. The maximum atomic E-state index is 13.7. The molecule has 0 fully saturated rings. The van der Waals surface area contributed by atoms with Crippen LogP contribution >= 0.6 is 0 Å². The van der Waals surface area contributed by atoms with Gasteiger partial charge in [0.05, 0.1) is 28.5 Å².